The maximum atomic E-state index is 8.61. The Morgan fingerprint density at radius 3 is 3.11 bits per heavy atom. The maximum Gasteiger partial charge on any atom is 0.0905 e. The highest BCUT2D eigenvalue weighted by atomic mass is 16.5. The second kappa shape index (κ2) is 3.10. The summed E-state index contributed by atoms with van der Waals surface area (Å²) in [6, 6.07) is 0. The quantitative estimate of drug-likeness (QED) is 0.564. The lowest BCUT2D eigenvalue weighted by molar-refractivity contribution is 0.334. The Morgan fingerprint density at radius 2 is 2.33 bits per heavy atom. The molecule has 1 N–H and O–H groups in total. The second-order valence-corrected chi connectivity index (χ2v) is 1.67. The van der Waals surface area contributed by atoms with Crippen LogP contribution in [0.5, 0.6) is 0 Å². The van der Waals surface area contributed by atoms with Gasteiger partial charge in [0.2, 0.25) is 0 Å². The highest BCUT2D eigenvalue weighted by Gasteiger charge is 1.87. The van der Waals surface area contributed by atoms with Gasteiger partial charge in [-0.2, -0.15) is 0 Å². The van der Waals surface area contributed by atoms with E-state index in [2.05, 4.69) is 0 Å². The largest absolute Gasteiger partial charge is 0.473 e. The summed E-state index contributed by atoms with van der Waals surface area (Å²) in [6.07, 6.45) is 8.35. The third kappa shape index (κ3) is 1.74. The molecule has 0 unspecified atom stereocenters. The van der Waals surface area contributed by atoms with Crippen molar-refractivity contribution < 1.29 is 9.84 Å². The lowest BCUT2D eigenvalue weighted by Gasteiger charge is -1.88. The van der Waals surface area contributed by atoms with Crippen molar-refractivity contribution >= 4 is 0 Å². The molecule has 0 aromatic carbocycles. The zero-order chi connectivity index (χ0) is 6.53. The minimum absolute atomic E-state index is 0.0597. The summed E-state index contributed by atoms with van der Waals surface area (Å²) in [5, 5.41) is 8.61. The van der Waals surface area contributed by atoms with E-state index in [-0.39, 0.29) is 6.61 Å². The van der Waals surface area contributed by atoms with Crippen LogP contribution in [0.25, 0.3) is 0 Å². The number of ether oxygens (including phenoxy) is 1. The first-order valence-electron chi connectivity index (χ1n) is 2.72. The van der Waals surface area contributed by atoms with Crippen molar-refractivity contribution in [3.63, 3.8) is 0 Å². The van der Waals surface area contributed by atoms with Gasteiger partial charge in [0.1, 0.15) is 0 Å². The highest BCUT2D eigenvalue weighted by molar-refractivity contribution is 5.24. The molecular weight excluding hydrogens is 116 g/mol. The molecule has 2 heteroatoms. The van der Waals surface area contributed by atoms with Gasteiger partial charge in [-0.05, 0) is 17.7 Å². The molecule has 0 saturated heterocycles. The lowest BCUT2D eigenvalue weighted by Crippen LogP contribution is -1.83. The number of hydrogen-bond acceptors (Lipinski definition) is 2. The van der Waals surface area contributed by atoms with Crippen LogP contribution in [0.2, 0.25) is 0 Å². The Bertz CT molecular complexity index is 166. The Kier molecular flexibility index (Phi) is 2.10. The standard InChI is InChI=1S/C7H8O2/c8-6-7-2-1-4-9-5-3-7/h1-5,8H,6H2. The molecule has 1 rings (SSSR count). The average Bonchev–Trinajstić information content (AvgIpc) is 2.13. The van der Waals surface area contributed by atoms with E-state index >= 15 is 0 Å². The molecule has 0 atom stereocenters. The average molecular weight is 124 g/mol. The zero-order valence-corrected chi connectivity index (χ0v) is 4.95. The number of aliphatic hydroxyl groups is 1. The molecule has 1 aliphatic rings. The molecule has 0 saturated carbocycles. The van der Waals surface area contributed by atoms with Gasteiger partial charge in [0.15, 0.2) is 0 Å². The summed E-state index contributed by atoms with van der Waals surface area (Å²) in [5.41, 5.74) is 0.851. The molecule has 0 fully saturated rings. The Balaban J connectivity index is 2.67. The van der Waals surface area contributed by atoms with Gasteiger partial charge in [-0.1, -0.05) is 6.08 Å². The van der Waals surface area contributed by atoms with Gasteiger partial charge in [-0.25, -0.2) is 0 Å². The fraction of sp³-hybridized carbons (Fsp3) is 0.143. The molecule has 0 aromatic rings. The van der Waals surface area contributed by atoms with Gasteiger partial charge < -0.3 is 9.84 Å². The summed E-state index contributed by atoms with van der Waals surface area (Å²) in [4.78, 5) is 0. The van der Waals surface area contributed by atoms with Gasteiger partial charge in [0, 0.05) is 0 Å². The third-order valence-corrected chi connectivity index (χ3v) is 1.01. The van der Waals surface area contributed by atoms with E-state index in [1.807, 2.05) is 0 Å². The molecule has 0 radical (unpaired) electrons. The minimum Gasteiger partial charge on any atom is -0.473 e. The summed E-state index contributed by atoms with van der Waals surface area (Å²) in [7, 11) is 0. The van der Waals surface area contributed by atoms with Crippen molar-refractivity contribution in [3.8, 4) is 0 Å². The van der Waals surface area contributed by atoms with Crippen LogP contribution in [-0.2, 0) is 4.74 Å². The molecule has 1 aliphatic heterocycles. The predicted molar refractivity (Wildman–Crippen MR) is 34.5 cm³/mol. The number of allylic oxidation sites excluding steroid dienone is 2. The fourth-order valence-electron chi connectivity index (χ4n) is 0.541. The molecule has 2 nitrogen and oxygen atoms in total. The van der Waals surface area contributed by atoms with Gasteiger partial charge in [0.25, 0.3) is 0 Å². The normalized spacial score (nSPS) is 16.3. The van der Waals surface area contributed by atoms with Crippen LogP contribution in [0, 0.1) is 0 Å². The minimum atomic E-state index is 0.0597. The summed E-state index contributed by atoms with van der Waals surface area (Å²) in [5.74, 6) is 0. The Labute approximate surface area is 53.8 Å². The van der Waals surface area contributed by atoms with E-state index in [1.165, 1.54) is 6.26 Å². The summed E-state index contributed by atoms with van der Waals surface area (Å²) in [6.45, 7) is 0.0597. The SMILES string of the molecule is OCC1=CC=COC=C1. The van der Waals surface area contributed by atoms with Crippen molar-refractivity contribution in [1.82, 2.24) is 0 Å². The molecule has 0 aromatic heterocycles. The van der Waals surface area contributed by atoms with Crippen LogP contribution in [0.1, 0.15) is 0 Å². The zero-order valence-electron chi connectivity index (χ0n) is 4.95. The maximum absolute atomic E-state index is 8.61. The van der Waals surface area contributed by atoms with Crippen LogP contribution in [0.4, 0.5) is 0 Å². The van der Waals surface area contributed by atoms with Gasteiger partial charge in [-0.15, -0.1) is 0 Å². The molecule has 48 valence electrons. The second-order valence-electron chi connectivity index (χ2n) is 1.67. The van der Waals surface area contributed by atoms with Crippen LogP contribution >= 0.6 is 0 Å². The van der Waals surface area contributed by atoms with Crippen molar-refractivity contribution in [2.75, 3.05) is 6.61 Å². The van der Waals surface area contributed by atoms with E-state index in [4.69, 9.17) is 9.84 Å². The van der Waals surface area contributed by atoms with Crippen molar-refractivity contribution in [2.24, 2.45) is 0 Å². The Morgan fingerprint density at radius 1 is 1.44 bits per heavy atom. The highest BCUT2D eigenvalue weighted by Crippen LogP contribution is 2.00. The topological polar surface area (TPSA) is 29.5 Å². The predicted octanol–water partition coefficient (Wildman–Crippen LogP) is 0.963. The van der Waals surface area contributed by atoms with E-state index < -0.39 is 0 Å². The molecule has 0 spiro atoms. The number of aliphatic hydroxyl groups excluding tert-OH is 1. The van der Waals surface area contributed by atoms with Crippen LogP contribution in [0.3, 0.4) is 0 Å². The molecule has 0 bridgehead atoms. The van der Waals surface area contributed by atoms with Gasteiger partial charge in [0.05, 0.1) is 19.1 Å². The van der Waals surface area contributed by atoms with Crippen LogP contribution < -0.4 is 0 Å². The molecule has 1 heterocycles. The molecule has 9 heavy (non-hydrogen) atoms. The monoisotopic (exact) mass is 124 g/mol. The molecule has 0 amide bonds. The van der Waals surface area contributed by atoms with Gasteiger partial charge in [-0.3, -0.25) is 0 Å². The first kappa shape index (κ1) is 6.11. The number of rotatable bonds is 1. The smallest absolute Gasteiger partial charge is 0.0905 e. The number of hydrogen-bond donors (Lipinski definition) is 1. The first-order valence-corrected chi connectivity index (χ1v) is 2.72. The van der Waals surface area contributed by atoms with Crippen molar-refractivity contribution in [3.05, 3.63) is 36.3 Å². The van der Waals surface area contributed by atoms with E-state index in [0.717, 1.165) is 5.57 Å². The third-order valence-electron chi connectivity index (χ3n) is 1.01. The molecule has 0 aliphatic carbocycles. The summed E-state index contributed by atoms with van der Waals surface area (Å²) < 4.78 is 4.80. The van der Waals surface area contributed by atoms with E-state index in [9.17, 15) is 0 Å². The first-order chi connectivity index (χ1) is 4.43. The van der Waals surface area contributed by atoms with Crippen LogP contribution in [0.15, 0.2) is 36.3 Å². The van der Waals surface area contributed by atoms with Crippen molar-refractivity contribution in [2.45, 2.75) is 0 Å². The fourth-order valence-corrected chi connectivity index (χ4v) is 0.541. The van der Waals surface area contributed by atoms with Gasteiger partial charge >= 0.3 is 0 Å². The Hall–Kier alpha value is -1.02. The van der Waals surface area contributed by atoms with E-state index in [1.54, 1.807) is 24.5 Å². The van der Waals surface area contributed by atoms with E-state index in [0.29, 0.717) is 0 Å². The lowest BCUT2D eigenvalue weighted by atomic mass is 10.2. The van der Waals surface area contributed by atoms with Crippen molar-refractivity contribution in [1.29, 1.82) is 0 Å². The summed E-state index contributed by atoms with van der Waals surface area (Å²) >= 11 is 0. The van der Waals surface area contributed by atoms with Crippen LogP contribution in [-0.4, -0.2) is 11.7 Å². The molecular formula is C7H8O2.